The number of hydrogen-bond donors (Lipinski definition) is 2. The zero-order valence-electron chi connectivity index (χ0n) is 6.77. The summed E-state index contributed by atoms with van der Waals surface area (Å²) in [6, 6.07) is 3.29. The van der Waals surface area contributed by atoms with Gasteiger partial charge in [0, 0.05) is 0 Å². The van der Waals surface area contributed by atoms with E-state index in [4.69, 9.17) is 9.62 Å². The molecule has 0 aliphatic heterocycles. The normalized spacial score (nSPS) is 13.8. The Balaban J connectivity index is 2.76. The molecule has 66 valence electrons. The molecule has 0 aromatic carbocycles. The van der Waals surface area contributed by atoms with Crippen LogP contribution >= 0.6 is 0 Å². The summed E-state index contributed by atoms with van der Waals surface area (Å²) in [6.07, 6.45) is 1.19. The fourth-order valence-corrected chi connectivity index (χ4v) is 0.875. The van der Waals surface area contributed by atoms with Gasteiger partial charge in [-0.2, -0.15) is 0 Å². The van der Waals surface area contributed by atoms with Gasteiger partial charge in [0.25, 0.3) is 0 Å². The van der Waals surface area contributed by atoms with E-state index >= 15 is 0 Å². The first-order chi connectivity index (χ1) is 5.77. The molecule has 1 rings (SSSR count). The molecule has 1 aromatic rings. The van der Waals surface area contributed by atoms with Crippen LogP contribution in [0, 0.1) is 0 Å². The van der Waals surface area contributed by atoms with Gasteiger partial charge in [-0.1, -0.05) is 12.1 Å². The van der Waals surface area contributed by atoms with Gasteiger partial charge in [0.15, 0.2) is 0 Å². The molecule has 12 heavy (non-hydrogen) atoms. The van der Waals surface area contributed by atoms with Gasteiger partial charge >= 0.3 is 0 Å². The summed E-state index contributed by atoms with van der Waals surface area (Å²) >= 11 is 0. The van der Waals surface area contributed by atoms with Crippen LogP contribution in [0.2, 0.25) is 0 Å². The number of oxime groups is 1. The Labute approximate surface area is 70.1 Å². The van der Waals surface area contributed by atoms with Crippen molar-refractivity contribution < 1.29 is 14.7 Å². The van der Waals surface area contributed by atoms with Crippen molar-refractivity contribution in [2.45, 2.75) is 19.4 Å². The highest BCUT2D eigenvalue weighted by molar-refractivity contribution is 5.75. The molecule has 4 nitrogen and oxygen atoms in total. The smallest absolute Gasteiger partial charge is 0.148 e. The van der Waals surface area contributed by atoms with E-state index in [2.05, 4.69) is 5.16 Å². The Morgan fingerprint density at radius 2 is 2.42 bits per heavy atom. The van der Waals surface area contributed by atoms with Crippen LogP contribution < -0.4 is 0 Å². The third-order valence-electron chi connectivity index (χ3n) is 1.55. The van der Waals surface area contributed by atoms with E-state index in [9.17, 15) is 5.11 Å². The van der Waals surface area contributed by atoms with Crippen LogP contribution in [0.3, 0.4) is 0 Å². The van der Waals surface area contributed by atoms with E-state index in [0.717, 1.165) is 0 Å². The third-order valence-corrected chi connectivity index (χ3v) is 1.55. The van der Waals surface area contributed by atoms with Gasteiger partial charge in [-0.25, -0.2) is 0 Å². The molecule has 0 amide bonds. The lowest BCUT2D eigenvalue weighted by Crippen LogP contribution is -1.91. The minimum atomic E-state index is -0.578. The van der Waals surface area contributed by atoms with Gasteiger partial charge < -0.3 is 14.7 Å². The molecule has 0 aliphatic rings. The minimum Gasteiger partial charge on any atom is -0.457 e. The van der Waals surface area contributed by atoms with Crippen LogP contribution in [0.15, 0.2) is 21.7 Å². The number of aliphatic hydroxyl groups excluding tert-OH is 1. The van der Waals surface area contributed by atoms with Crippen molar-refractivity contribution >= 4 is 6.21 Å². The molecule has 4 heteroatoms. The Morgan fingerprint density at radius 3 is 3.00 bits per heavy atom. The Hall–Kier alpha value is -1.29. The van der Waals surface area contributed by atoms with Crippen LogP contribution in [-0.2, 0) is 0 Å². The molecule has 0 saturated heterocycles. The molecule has 0 fully saturated rings. The molecular formula is C8H11NO3. The van der Waals surface area contributed by atoms with E-state index < -0.39 is 6.10 Å². The second kappa shape index (κ2) is 3.92. The van der Waals surface area contributed by atoms with E-state index in [1.807, 2.05) is 6.92 Å². The molecule has 0 spiro atoms. The molecule has 1 heterocycles. The second-order valence-corrected chi connectivity index (χ2v) is 2.41. The number of nitrogens with zero attached hydrogens (tertiary/aromatic N) is 1. The largest absolute Gasteiger partial charge is 0.457 e. The summed E-state index contributed by atoms with van der Waals surface area (Å²) in [4.78, 5) is 0. The van der Waals surface area contributed by atoms with Gasteiger partial charge in [-0.15, -0.1) is 0 Å². The average Bonchev–Trinajstić information content (AvgIpc) is 2.52. The lowest BCUT2D eigenvalue weighted by Gasteiger charge is -2.01. The van der Waals surface area contributed by atoms with Gasteiger partial charge in [0.2, 0.25) is 0 Å². The summed E-state index contributed by atoms with van der Waals surface area (Å²) in [5.41, 5.74) is 0. The minimum absolute atomic E-state index is 0.431. The van der Waals surface area contributed by atoms with Gasteiger partial charge in [-0.05, 0) is 18.6 Å². The fourth-order valence-electron chi connectivity index (χ4n) is 0.875. The maximum absolute atomic E-state index is 9.31. The highest BCUT2D eigenvalue weighted by atomic mass is 16.4. The summed E-state index contributed by atoms with van der Waals surface area (Å²) in [5.74, 6) is 0.924. The average molecular weight is 169 g/mol. The predicted octanol–water partition coefficient (Wildman–Crippen LogP) is 1.53. The van der Waals surface area contributed by atoms with Crippen molar-refractivity contribution in [2.24, 2.45) is 5.16 Å². The van der Waals surface area contributed by atoms with Crippen LogP contribution in [0.25, 0.3) is 0 Å². The van der Waals surface area contributed by atoms with Crippen molar-refractivity contribution in [3.63, 3.8) is 0 Å². The first-order valence-corrected chi connectivity index (χ1v) is 3.73. The highest BCUT2D eigenvalue weighted by Gasteiger charge is 2.08. The maximum Gasteiger partial charge on any atom is 0.148 e. The van der Waals surface area contributed by atoms with Crippen LogP contribution in [0.1, 0.15) is 31.0 Å². The monoisotopic (exact) mass is 169 g/mol. The van der Waals surface area contributed by atoms with E-state index in [1.165, 1.54) is 6.21 Å². The zero-order valence-corrected chi connectivity index (χ0v) is 6.77. The van der Waals surface area contributed by atoms with E-state index in [-0.39, 0.29) is 0 Å². The SMILES string of the molecule is CCC(O)c1ccc(/C=N/O)o1. The molecule has 0 aliphatic carbocycles. The first kappa shape index (κ1) is 8.80. The number of hydrogen-bond acceptors (Lipinski definition) is 4. The van der Waals surface area contributed by atoms with Gasteiger partial charge in [-0.3, -0.25) is 0 Å². The highest BCUT2D eigenvalue weighted by Crippen LogP contribution is 2.17. The van der Waals surface area contributed by atoms with Crippen molar-refractivity contribution in [2.75, 3.05) is 0 Å². The predicted molar refractivity (Wildman–Crippen MR) is 43.3 cm³/mol. The zero-order chi connectivity index (χ0) is 8.97. The summed E-state index contributed by atoms with van der Waals surface area (Å²) < 4.78 is 5.12. The lowest BCUT2D eigenvalue weighted by molar-refractivity contribution is 0.145. The fraction of sp³-hybridized carbons (Fsp3) is 0.375. The second-order valence-electron chi connectivity index (χ2n) is 2.41. The molecular weight excluding hydrogens is 158 g/mol. The Morgan fingerprint density at radius 1 is 1.67 bits per heavy atom. The van der Waals surface area contributed by atoms with Crippen LogP contribution in [0.5, 0.6) is 0 Å². The Bertz CT molecular complexity index is 267. The Kier molecular flexibility index (Phi) is 2.88. The van der Waals surface area contributed by atoms with Crippen molar-refractivity contribution in [3.8, 4) is 0 Å². The van der Waals surface area contributed by atoms with Gasteiger partial charge in [0.1, 0.15) is 23.8 Å². The number of furan rings is 1. The molecule has 0 radical (unpaired) electrons. The summed E-state index contributed by atoms with van der Waals surface area (Å²) in [5, 5.41) is 20.3. The van der Waals surface area contributed by atoms with E-state index in [1.54, 1.807) is 12.1 Å². The number of rotatable bonds is 3. The summed E-state index contributed by atoms with van der Waals surface area (Å²) in [6.45, 7) is 1.85. The van der Waals surface area contributed by atoms with Crippen LogP contribution in [0.4, 0.5) is 0 Å². The molecule has 2 N–H and O–H groups in total. The van der Waals surface area contributed by atoms with E-state index in [0.29, 0.717) is 17.9 Å². The summed E-state index contributed by atoms with van der Waals surface area (Å²) in [7, 11) is 0. The van der Waals surface area contributed by atoms with Crippen LogP contribution in [-0.4, -0.2) is 16.5 Å². The third kappa shape index (κ3) is 1.85. The quantitative estimate of drug-likeness (QED) is 0.409. The van der Waals surface area contributed by atoms with Gasteiger partial charge in [0.05, 0.1) is 0 Å². The lowest BCUT2D eigenvalue weighted by atomic mass is 10.2. The molecule has 0 bridgehead atoms. The van der Waals surface area contributed by atoms with Crippen molar-refractivity contribution in [1.82, 2.24) is 0 Å². The first-order valence-electron chi connectivity index (χ1n) is 3.73. The molecule has 1 unspecified atom stereocenters. The topological polar surface area (TPSA) is 66.0 Å². The van der Waals surface area contributed by atoms with Crippen molar-refractivity contribution in [3.05, 3.63) is 23.7 Å². The standard InChI is InChI=1S/C8H11NO3/c1-2-7(10)8-4-3-6(12-8)5-9-11/h3-5,7,10-11H,2H2,1H3/b9-5+. The molecule has 0 saturated carbocycles. The van der Waals surface area contributed by atoms with Crippen molar-refractivity contribution in [1.29, 1.82) is 0 Å². The molecule has 1 aromatic heterocycles. The number of aliphatic hydroxyl groups is 1. The maximum atomic E-state index is 9.31. The molecule has 1 atom stereocenters.